The number of fused-ring (bicyclic) bond motifs is 6. The lowest BCUT2D eigenvalue weighted by molar-refractivity contribution is -0.541. The number of pyridine rings is 1. The van der Waals surface area contributed by atoms with Crippen LogP contribution >= 0.6 is 0 Å². The van der Waals surface area contributed by atoms with Crippen LogP contribution in [0.15, 0.2) is 182 Å². The van der Waals surface area contributed by atoms with Crippen molar-refractivity contribution in [3.8, 4) is 0 Å². The zero-order valence-corrected chi connectivity index (χ0v) is 27.0. The summed E-state index contributed by atoms with van der Waals surface area (Å²) in [5.41, 5.74) is 8.32. The Morgan fingerprint density at radius 1 is 0.480 bits per heavy atom. The molecule has 0 atom stereocenters. The van der Waals surface area contributed by atoms with Gasteiger partial charge in [-0.25, -0.2) is 0 Å². The molecule has 0 amide bonds. The number of rotatable bonds is 6. The van der Waals surface area contributed by atoms with Crippen LogP contribution in [0.1, 0.15) is 11.3 Å². The summed E-state index contributed by atoms with van der Waals surface area (Å²) in [6, 6.07) is 55.6. The van der Waals surface area contributed by atoms with E-state index < -0.39 is 6.97 Å². The van der Waals surface area contributed by atoms with Gasteiger partial charge >= 0.3 is 6.97 Å². The van der Waals surface area contributed by atoms with E-state index in [-0.39, 0.29) is 0 Å². The third-order valence-corrected chi connectivity index (χ3v) is 9.46. The van der Waals surface area contributed by atoms with Crippen molar-refractivity contribution in [1.29, 1.82) is 0 Å². The molecule has 0 spiro atoms. The number of nitrogens with zero attached hydrogens (tertiary/aromatic N) is 4. The van der Waals surface area contributed by atoms with Crippen molar-refractivity contribution >= 4 is 69.8 Å². The molecule has 7 aromatic rings. The number of allylic oxidation sites excluding steroid dienone is 1. The Kier molecular flexibility index (Phi) is 7.06. The summed E-state index contributed by atoms with van der Waals surface area (Å²) in [6.07, 6.45) is 5.58. The van der Waals surface area contributed by atoms with E-state index in [1.54, 1.807) is 12.1 Å². The molecular formula is C43H31BF2N4. The molecule has 4 nitrogen and oxygen atoms in total. The maximum Gasteiger partial charge on any atom is 0.737 e. The number of halogens is 2. The largest absolute Gasteiger partial charge is 0.737 e. The summed E-state index contributed by atoms with van der Waals surface area (Å²) in [5, 5.41) is 0.728. The standard InChI is InChI=1S/C43H31BF2N4/c45-44(46)49-40(23-21-32-29-38(25-27-42(32)49)47(34-13-5-1-6-14-34)35-15-7-2-8-16-35)31-41-24-22-33-30-39(26-28-43(33)50(41)44)48(36-17-9-3-10-18-36)37-19-11-4-12-20-37/h1-31H. The van der Waals surface area contributed by atoms with Gasteiger partial charge in [0.15, 0.2) is 11.2 Å². The Balaban J connectivity index is 1.14. The van der Waals surface area contributed by atoms with Crippen molar-refractivity contribution in [2.75, 3.05) is 14.6 Å². The van der Waals surface area contributed by atoms with Gasteiger partial charge in [-0.3, -0.25) is 0 Å². The summed E-state index contributed by atoms with van der Waals surface area (Å²) >= 11 is 0. The maximum absolute atomic E-state index is 17.2. The molecule has 2 aliphatic rings. The molecule has 0 bridgehead atoms. The molecule has 0 fully saturated rings. The molecule has 0 N–H and O–H groups in total. The Hall–Kier alpha value is -6.47. The van der Waals surface area contributed by atoms with Crippen molar-refractivity contribution in [2.24, 2.45) is 0 Å². The third kappa shape index (κ3) is 4.94. The van der Waals surface area contributed by atoms with Gasteiger partial charge in [0, 0.05) is 69.1 Å². The second-order valence-corrected chi connectivity index (χ2v) is 12.5. The van der Waals surface area contributed by atoms with Gasteiger partial charge in [-0.2, -0.15) is 0 Å². The first-order valence-electron chi connectivity index (χ1n) is 16.7. The lowest BCUT2D eigenvalue weighted by atomic mass is 9.83. The van der Waals surface area contributed by atoms with Crippen LogP contribution in [0.25, 0.3) is 23.1 Å². The number of anilines is 7. The predicted molar refractivity (Wildman–Crippen MR) is 203 cm³/mol. The van der Waals surface area contributed by atoms with Crippen LogP contribution in [-0.4, -0.2) is 6.97 Å². The zero-order valence-electron chi connectivity index (χ0n) is 27.0. The Bertz CT molecular complexity index is 2340. The van der Waals surface area contributed by atoms with Crippen LogP contribution in [-0.2, 0) is 0 Å². The Labute approximate surface area is 289 Å². The van der Waals surface area contributed by atoms with Crippen LogP contribution in [0.3, 0.4) is 0 Å². The average Bonchev–Trinajstić information content (AvgIpc) is 3.16. The van der Waals surface area contributed by atoms with Crippen LogP contribution < -0.4 is 19.1 Å². The highest BCUT2D eigenvalue weighted by Crippen LogP contribution is 2.43. The van der Waals surface area contributed by atoms with Gasteiger partial charge in [0.25, 0.3) is 0 Å². The second-order valence-electron chi connectivity index (χ2n) is 12.5. The quantitative estimate of drug-likeness (QED) is 0.166. The fraction of sp³-hybridized carbons (Fsp3) is 0. The first-order valence-corrected chi connectivity index (χ1v) is 16.7. The minimum atomic E-state index is -4.26. The Morgan fingerprint density at radius 3 is 1.52 bits per heavy atom. The van der Waals surface area contributed by atoms with Crippen molar-refractivity contribution in [3.05, 3.63) is 193 Å². The normalized spacial score (nSPS) is 14.0. The summed E-state index contributed by atoms with van der Waals surface area (Å²) in [6.45, 7) is -4.26. The monoisotopic (exact) mass is 652 g/mol. The molecule has 50 heavy (non-hydrogen) atoms. The van der Waals surface area contributed by atoms with Gasteiger partial charge in [0.05, 0.1) is 0 Å². The van der Waals surface area contributed by atoms with Crippen LogP contribution in [0.2, 0.25) is 0 Å². The summed E-state index contributed by atoms with van der Waals surface area (Å²) < 4.78 is 35.6. The predicted octanol–water partition coefficient (Wildman–Crippen LogP) is 11.2. The SMILES string of the molecule is F[B-]1(F)N2C(=Cc3ccc4cc(N(c5ccccc5)c5ccccc5)ccc4[n+]31)C=Cc1cc(N(c3ccccc3)c3ccccc3)ccc12. The smallest absolute Gasteiger partial charge is 0.390 e. The number of benzene rings is 6. The summed E-state index contributed by atoms with van der Waals surface area (Å²) in [7, 11) is 0. The molecule has 7 heteroatoms. The minimum Gasteiger partial charge on any atom is -0.390 e. The van der Waals surface area contributed by atoms with Crippen molar-refractivity contribution < 1.29 is 13.1 Å². The molecular weight excluding hydrogens is 621 g/mol. The zero-order chi connectivity index (χ0) is 33.7. The lowest BCUT2D eigenvalue weighted by Gasteiger charge is -2.42. The molecule has 0 unspecified atom stereocenters. The maximum atomic E-state index is 17.2. The molecule has 0 saturated heterocycles. The van der Waals surface area contributed by atoms with E-state index in [2.05, 4.69) is 9.80 Å². The first kappa shape index (κ1) is 29.7. The van der Waals surface area contributed by atoms with E-state index in [9.17, 15) is 0 Å². The summed E-state index contributed by atoms with van der Waals surface area (Å²) in [5.74, 6) is 0. The average molecular weight is 653 g/mol. The molecule has 6 aromatic carbocycles. The fourth-order valence-electron chi connectivity index (χ4n) is 7.26. The minimum absolute atomic E-state index is 0.466. The van der Waals surface area contributed by atoms with Crippen molar-refractivity contribution in [1.82, 2.24) is 0 Å². The van der Waals surface area contributed by atoms with Gasteiger partial charge in [-0.05, 0) is 96.6 Å². The molecule has 1 aromatic heterocycles. The Morgan fingerprint density at radius 2 is 0.980 bits per heavy atom. The molecule has 0 saturated carbocycles. The molecule has 2 aliphatic heterocycles. The molecule has 240 valence electrons. The van der Waals surface area contributed by atoms with E-state index in [0.717, 1.165) is 45.1 Å². The van der Waals surface area contributed by atoms with Gasteiger partial charge in [0.2, 0.25) is 0 Å². The number of para-hydroxylation sites is 4. The highest BCUT2D eigenvalue weighted by molar-refractivity contribution is 6.64. The molecule has 0 radical (unpaired) electrons. The topological polar surface area (TPSA) is 13.6 Å². The second kappa shape index (κ2) is 11.9. The van der Waals surface area contributed by atoms with E-state index >= 15 is 8.63 Å². The van der Waals surface area contributed by atoms with Gasteiger partial charge in [0.1, 0.15) is 0 Å². The number of aromatic nitrogens is 1. The van der Waals surface area contributed by atoms with E-state index in [4.69, 9.17) is 0 Å². The van der Waals surface area contributed by atoms with Crippen molar-refractivity contribution in [3.63, 3.8) is 0 Å². The van der Waals surface area contributed by atoms with Crippen molar-refractivity contribution in [2.45, 2.75) is 0 Å². The molecule has 0 aliphatic carbocycles. The van der Waals surface area contributed by atoms with Crippen LogP contribution in [0.4, 0.5) is 48.4 Å². The van der Waals surface area contributed by atoms with Crippen LogP contribution in [0.5, 0.6) is 0 Å². The van der Waals surface area contributed by atoms with Gasteiger partial charge in [-0.15, -0.1) is 0 Å². The van der Waals surface area contributed by atoms with Gasteiger partial charge in [-0.1, -0.05) is 78.9 Å². The lowest BCUT2D eigenvalue weighted by Crippen LogP contribution is -2.72. The third-order valence-electron chi connectivity index (χ3n) is 9.46. The summed E-state index contributed by atoms with van der Waals surface area (Å²) in [4.78, 5) is 5.50. The van der Waals surface area contributed by atoms with Gasteiger partial charge < -0.3 is 27.7 Å². The van der Waals surface area contributed by atoms with Crippen LogP contribution in [0, 0.1) is 0 Å². The first-order chi connectivity index (χ1) is 24.6. The highest BCUT2D eigenvalue weighted by Gasteiger charge is 2.54. The number of hydrogen-bond donors (Lipinski definition) is 0. The molecule has 3 heterocycles. The van der Waals surface area contributed by atoms with E-state index in [1.165, 1.54) is 9.29 Å². The molecule has 9 rings (SSSR count). The number of hydrogen-bond acceptors (Lipinski definition) is 3. The van der Waals surface area contributed by atoms with E-state index in [1.807, 2.05) is 176 Å². The van der Waals surface area contributed by atoms with E-state index in [0.29, 0.717) is 22.6 Å². The fourth-order valence-corrected chi connectivity index (χ4v) is 7.26. The highest BCUT2D eigenvalue weighted by atomic mass is 19.2.